The molecule has 0 fully saturated rings. The Bertz CT molecular complexity index is 1450. The quantitative estimate of drug-likeness (QED) is 0.297. The van der Waals surface area contributed by atoms with Crippen molar-refractivity contribution in [2.24, 2.45) is 0 Å². The Morgan fingerprint density at radius 2 is 1.97 bits per heavy atom. The van der Waals surface area contributed by atoms with Crippen LogP contribution in [0.25, 0.3) is 17.3 Å². The number of allylic oxidation sites excluding steroid dienone is 2. The van der Waals surface area contributed by atoms with Crippen molar-refractivity contribution in [2.75, 3.05) is 11.4 Å². The molecule has 3 aromatic heterocycles. The highest BCUT2D eigenvalue weighted by atomic mass is 35.5. The lowest BCUT2D eigenvalue weighted by Gasteiger charge is -2.28. The summed E-state index contributed by atoms with van der Waals surface area (Å²) in [5.41, 5.74) is 7.31. The average molecular weight is 508 g/mol. The van der Waals surface area contributed by atoms with Gasteiger partial charge in [-0.15, -0.1) is 0 Å². The average Bonchev–Trinajstić information content (AvgIpc) is 3.40. The van der Waals surface area contributed by atoms with E-state index >= 15 is 0 Å². The maximum absolute atomic E-state index is 14.0. The normalized spacial score (nSPS) is 13.5. The van der Waals surface area contributed by atoms with Gasteiger partial charge in [0.2, 0.25) is 0 Å². The number of aryl methyl sites for hydroxylation is 2. The van der Waals surface area contributed by atoms with Crippen molar-refractivity contribution in [3.05, 3.63) is 105 Å². The molecule has 0 saturated carbocycles. The standard InChI is InChI=1S/C27H24Cl2FN5/c1-16-5-4-6-17(2)25(16)35-26(18(3)7-8-24-22(30)9-11-31-24)20-15-34(12-10-23(20)33-35)27-21(29)13-19(28)14-32-27/h4-9,11,13-14,31H,3,10,12,15H2,1-2H3/b8-7-. The Balaban J connectivity index is 1.62. The molecule has 5 nitrogen and oxygen atoms in total. The number of nitrogens with one attached hydrogen (secondary N) is 1. The van der Waals surface area contributed by atoms with Gasteiger partial charge in [-0.05, 0) is 48.8 Å². The highest BCUT2D eigenvalue weighted by Gasteiger charge is 2.28. The Kier molecular flexibility index (Phi) is 6.26. The van der Waals surface area contributed by atoms with Crippen LogP contribution in [0.15, 0.2) is 55.4 Å². The number of hydrogen-bond acceptors (Lipinski definition) is 3. The predicted molar refractivity (Wildman–Crippen MR) is 141 cm³/mol. The molecule has 0 amide bonds. The number of halogens is 3. The van der Waals surface area contributed by atoms with Crippen LogP contribution in [0.4, 0.5) is 10.2 Å². The second kappa shape index (κ2) is 9.36. The zero-order chi connectivity index (χ0) is 24.7. The molecule has 0 bridgehead atoms. The molecule has 0 radical (unpaired) electrons. The fourth-order valence-electron chi connectivity index (χ4n) is 4.58. The van der Waals surface area contributed by atoms with Crippen molar-refractivity contribution in [2.45, 2.75) is 26.8 Å². The lowest BCUT2D eigenvalue weighted by molar-refractivity contribution is 0.627. The maximum Gasteiger partial charge on any atom is 0.148 e. The highest BCUT2D eigenvalue weighted by Crippen LogP contribution is 2.35. The summed E-state index contributed by atoms with van der Waals surface area (Å²) in [6.45, 7) is 9.78. The zero-order valence-corrected chi connectivity index (χ0v) is 21.0. The summed E-state index contributed by atoms with van der Waals surface area (Å²) in [5.74, 6) is 0.371. The molecule has 5 rings (SSSR count). The highest BCUT2D eigenvalue weighted by molar-refractivity contribution is 6.36. The van der Waals surface area contributed by atoms with Gasteiger partial charge in [0.25, 0.3) is 0 Å². The van der Waals surface area contributed by atoms with Crippen LogP contribution in [0.3, 0.4) is 0 Å². The number of pyridine rings is 1. The van der Waals surface area contributed by atoms with Gasteiger partial charge in [0.1, 0.15) is 11.6 Å². The van der Waals surface area contributed by atoms with E-state index in [2.05, 4.69) is 47.4 Å². The summed E-state index contributed by atoms with van der Waals surface area (Å²) in [6.07, 6.45) is 7.42. The fourth-order valence-corrected chi connectivity index (χ4v) is 5.08. The van der Waals surface area contributed by atoms with E-state index in [-0.39, 0.29) is 5.82 Å². The summed E-state index contributed by atoms with van der Waals surface area (Å²) in [4.78, 5) is 9.51. The molecule has 4 aromatic rings. The van der Waals surface area contributed by atoms with Crippen molar-refractivity contribution >= 4 is 40.7 Å². The van der Waals surface area contributed by atoms with Gasteiger partial charge in [-0.25, -0.2) is 14.1 Å². The molecule has 1 aliphatic rings. The Labute approximate surface area is 213 Å². The zero-order valence-electron chi connectivity index (χ0n) is 19.4. The number of aromatic nitrogens is 4. The lowest BCUT2D eigenvalue weighted by atomic mass is 10.0. The maximum atomic E-state index is 14.0. The first-order valence-electron chi connectivity index (χ1n) is 11.3. The first kappa shape index (κ1) is 23.4. The number of para-hydroxylation sites is 1. The fraction of sp³-hybridized carbons (Fsp3) is 0.185. The predicted octanol–water partition coefficient (Wildman–Crippen LogP) is 6.95. The SMILES string of the molecule is C=C(/C=C\c1[nH]ccc1F)c1c2c(nn1-c1c(C)cccc1C)CCN(c1ncc(Cl)cc1Cl)C2. The molecule has 0 saturated heterocycles. The molecule has 0 atom stereocenters. The first-order valence-corrected chi connectivity index (χ1v) is 12.0. The number of rotatable bonds is 5. The molecule has 1 aromatic carbocycles. The van der Waals surface area contributed by atoms with Crippen LogP contribution >= 0.6 is 23.2 Å². The van der Waals surface area contributed by atoms with Crippen LogP contribution in [-0.2, 0) is 13.0 Å². The summed E-state index contributed by atoms with van der Waals surface area (Å²) in [5, 5.41) is 6.03. The van der Waals surface area contributed by atoms with Gasteiger partial charge in [0.15, 0.2) is 0 Å². The van der Waals surface area contributed by atoms with Crippen LogP contribution in [0.2, 0.25) is 10.0 Å². The van der Waals surface area contributed by atoms with Gasteiger partial charge >= 0.3 is 0 Å². The third kappa shape index (κ3) is 4.40. The monoisotopic (exact) mass is 507 g/mol. The number of anilines is 1. The Morgan fingerprint density at radius 1 is 1.20 bits per heavy atom. The summed E-state index contributed by atoms with van der Waals surface area (Å²) in [6, 6.07) is 9.28. The second-order valence-electron chi connectivity index (χ2n) is 8.65. The topological polar surface area (TPSA) is 49.7 Å². The minimum atomic E-state index is -0.311. The van der Waals surface area contributed by atoms with Crippen LogP contribution in [-0.4, -0.2) is 26.3 Å². The largest absolute Gasteiger partial charge is 0.359 e. The van der Waals surface area contributed by atoms with E-state index in [0.717, 1.165) is 52.3 Å². The first-order chi connectivity index (χ1) is 16.8. The molecule has 0 aliphatic carbocycles. The van der Waals surface area contributed by atoms with E-state index in [1.165, 1.54) is 6.07 Å². The number of nitrogens with zero attached hydrogens (tertiary/aromatic N) is 4. The van der Waals surface area contributed by atoms with E-state index in [0.29, 0.717) is 28.1 Å². The molecule has 178 valence electrons. The van der Waals surface area contributed by atoms with Crippen molar-refractivity contribution in [1.82, 2.24) is 19.7 Å². The molecule has 8 heteroatoms. The number of fused-ring (bicyclic) bond motifs is 1. The van der Waals surface area contributed by atoms with Gasteiger partial charge in [0.05, 0.1) is 32.8 Å². The summed E-state index contributed by atoms with van der Waals surface area (Å²) >= 11 is 12.5. The van der Waals surface area contributed by atoms with Gasteiger partial charge in [-0.2, -0.15) is 5.10 Å². The summed E-state index contributed by atoms with van der Waals surface area (Å²) in [7, 11) is 0. The van der Waals surface area contributed by atoms with E-state index in [4.69, 9.17) is 28.3 Å². The summed E-state index contributed by atoms with van der Waals surface area (Å²) < 4.78 is 16.0. The molecular formula is C27H24Cl2FN5. The molecule has 0 spiro atoms. The lowest BCUT2D eigenvalue weighted by Crippen LogP contribution is -2.31. The Morgan fingerprint density at radius 3 is 2.66 bits per heavy atom. The van der Waals surface area contributed by atoms with Gasteiger partial charge in [-0.3, -0.25) is 0 Å². The molecular weight excluding hydrogens is 484 g/mol. The van der Waals surface area contributed by atoms with Crippen molar-refractivity contribution in [1.29, 1.82) is 0 Å². The third-order valence-electron chi connectivity index (χ3n) is 6.25. The number of aromatic amines is 1. The molecule has 1 N–H and O–H groups in total. The van der Waals surface area contributed by atoms with Crippen molar-refractivity contribution in [3.63, 3.8) is 0 Å². The molecule has 1 aliphatic heterocycles. The van der Waals surface area contributed by atoms with E-state index in [9.17, 15) is 4.39 Å². The second-order valence-corrected chi connectivity index (χ2v) is 9.50. The molecule has 0 unspecified atom stereocenters. The smallest absolute Gasteiger partial charge is 0.148 e. The third-order valence-corrected chi connectivity index (χ3v) is 6.74. The van der Waals surface area contributed by atoms with Crippen molar-refractivity contribution < 1.29 is 4.39 Å². The van der Waals surface area contributed by atoms with Crippen LogP contribution in [0.5, 0.6) is 0 Å². The van der Waals surface area contributed by atoms with E-state index in [1.807, 2.05) is 16.8 Å². The van der Waals surface area contributed by atoms with Gasteiger partial charge in [-0.1, -0.05) is 54.1 Å². The van der Waals surface area contributed by atoms with E-state index in [1.54, 1.807) is 24.5 Å². The van der Waals surface area contributed by atoms with Gasteiger partial charge in [0, 0.05) is 37.5 Å². The van der Waals surface area contributed by atoms with Crippen molar-refractivity contribution in [3.8, 4) is 5.69 Å². The minimum absolute atomic E-state index is 0.311. The van der Waals surface area contributed by atoms with Gasteiger partial charge < -0.3 is 9.88 Å². The molecule has 4 heterocycles. The number of benzene rings is 1. The van der Waals surface area contributed by atoms with Crippen LogP contribution < -0.4 is 4.90 Å². The minimum Gasteiger partial charge on any atom is -0.359 e. The number of hydrogen-bond donors (Lipinski definition) is 1. The molecule has 35 heavy (non-hydrogen) atoms. The van der Waals surface area contributed by atoms with Crippen LogP contribution in [0.1, 0.15) is 33.8 Å². The Hall–Kier alpha value is -3.35. The van der Waals surface area contributed by atoms with E-state index < -0.39 is 0 Å². The van der Waals surface area contributed by atoms with Crippen LogP contribution in [0, 0.1) is 19.7 Å². The number of H-pyrrole nitrogens is 1.